The number of carbonyl (C=O) groups excluding carboxylic acids is 2. The minimum absolute atomic E-state index is 0.0803. The fourth-order valence-corrected chi connectivity index (χ4v) is 0.448. The second-order valence-corrected chi connectivity index (χ2v) is 1.70. The summed E-state index contributed by atoms with van der Waals surface area (Å²) >= 11 is 0. The number of rotatable bonds is 4. The number of hydrogen-bond donors (Lipinski definition) is 0. The number of aldehydes is 1. The molecule has 0 radical (unpaired) electrons. The van der Waals surface area contributed by atoms with Crippen molar-refractivity contribution in [3.05, 3.63) is 12.7 Å². The van der Waals surface area contributed by atoms with Crippen LogP contribution in [0.3, 0.4) is 0 Å². The lowest BCUT2D eigenvalue weighted by Crippen LogP contribution is -2.12. The fraction of sp³-hybridized carbons (Fsp3) is 0.286. The number of nitriles is 1. The van der Waals surface area contributed by atoms with E-state index >= 15 is 0 Å². The fourth-order valence-electron chi connectivity index (χ4n) is 0.448. The third-order valence-electron chi connectivity index (χ3n) is 0.968. The highest BCUT2D eigenvalue weighted by atomic mass is 16.1. The Morgan fingerprint density at radius 1 is 1.80 bits per heavy atom. The average Bonchev–Trinajstić information content (AvgIpc) is 1.91. The molecular formula is C7H7NO2. The van der Waals surface area contributed by atoms with Crippen molar-refractivity contribution in [1.29, 1.82) is 5.26 Å². The van der Waals surface area contributed by atoms with Crippen LogP contribution in [0.25, 0.3) is 0 Å². The van der Waals surface area contributed by atoms with Gasteiger partial charge in [0.05, 0.1) is 6.07 Å². The molecule has 0 saturated heterocycles. The first kappa shape index (κ1) is 8.57. The molecule has 10 heavy (non-hydrogen) atoms. The summed E-state index contributed by atoms with van der Waals surface area (Å²) in [7, 11) is 0. The first-order valence-electron chi connectivity index (χ1n) is 2.74. The SMILES string of the molecule is C=CCC(=O)C(C#N)C=O. The van der Waals surface area contributed by atoms with Crippen molar-refractivity contribution >= 4 is 12.1 Å². The van der Waals surface area contributed by atoms with Gasteiger partial charge in [0.1, 0.15) is 6.29 Å². The van der Waals surface area contributed by atoms with Crippen LogP contribution >= 0.6 is 0 Å². The summed E-state index contributed by atoms with van der Waals surface area (Å²) in [5.41, 5.74) is 0. The molecule has 3 heteroatoms. The van der Waals surface area contributed by atoms with Gasteiger partial charge in [0.2, 0.25) is 0 Å². The van der Waals surface area contributed by atoms with Crippen LogP contribution in [0.2, 0.25) is 0 Å². The van der Waals surface area contributed by atoms with E-state index in [1.54, 1.807) is 6.07 Å². The lowest BCUT2D eigenvalue weighted by molar-refractivity contribution is -0.124. The molecule has 1 atom stereocenters. The highest BCUT2D eigenvalue weighted by molar-refractivity contribution is 5.96. The van der Waals surface area contributed by atoms with E-state index in [9.17, 15) is 9.59 Å². The summed E-state index contributed by atoms with van der Waals surface area (Å²) < 4.78 is 0. The van der Waals surface area contributed by atoms with Crippen molar-refractivity contribution in [2.75, 3.05) is 0 Å². The van der Waals surface area contributed by atoms with Crippen molar-refractivity contribution in [3.63, 3.8) is 0 Å². The van der Waals surface area contributed by atoms with Crippen LogP contribution in [-0.4, -0.2) is 12.1 Å². The number of ketones is 1. The number of allylic oxidation sites excluding steroid dienone is 1. The Hall–Kier alpha value is -1.43. The third-order valence-corrected chi connectivity index (χ3v) is 0.968. The maximum absolute atomic E-state index is 10.7. The molecule has 0 amide bonds. The molecule has 1 unspecified atom stereocenters. The Kier molecular flexibility index (Phi) is 3.81. The number of hydrogen-bond acceptors (Lipinski definition) is 3. The normalized spacial score (nSPS) is 11.1. The zero-order valence-electron chi connectivity index (χ0n) is 5.41. The molecule has 0 saturated carbocycles. The van der Waals surface area contributed by atoms with E-state index in [1.807, 2.05) is 0 Å². The predicted molar refractivity (Wildman–Crippen MR) is 35.0 cm³/mol. The first-order valence-corrected chi connectivity index (χ1v) is 2.74. The molecule has 0 aliphatic rings. The second-order valence-electron chi connectivity index (χ2n) is 1.70. The Bertz CT molecular complexity index is 190. The van der Waals surface area contributed by atoms with Crippen LogP contribution in [0, 0.1) is 17.2 Å². The molecule has 0 rings (SSSR count). The molecule has 52 valence electrons. The Morgan fingerprint density at radius 2 is 2.40 bits per heavy atom. The van der Waals surface area contributed by atoms with E-state index < -0.39 is 11.7 Å². The zero-order chi connectivity index (χ0) is 7.98. The van der Waals surface area contributed by atoms with E-state index in [4.69, 9.17) is 5.26 Å². The van der Waals surface area contributed by atoms with Gasteiger partial charge in [-0.05, 0) is 0 Å². The lowest BCUT2D eigenvalue weighted by atomic mass is 10.1. The van der Waals surface area contributed by atoms with E-state index in [0.717, 1.165) is 0 Å². The van der Waals surface area contributed by atoms with Gasteiger partial charge in [0.15, 0.2) is 11.7 Å². The molecule has 0 N–H and O–H groups in total. The molecule has 0 aliphatic carbocycles. The van der Waals surface area contributed by atoms with E-state index in [-0.39, 0.29) is 6.42 Å². The average molecular weight is 137 g/mol. The Balaban J connectivity index is 4.04. The molecule has 0 aliphatic heterocycles. The van der Waals surface area contributed by atoms with E-state index in [0.29, 0.717) is 6.29 Å². The van der Waals surface area contributed by atoms with E-state index in [2.05, 4.69) is 6.58 Å². The van der Waals surface area contributed by atoms with Gasteiger partial charge in [-0.15, -0.1) is 6.58 Å². The molecule has 3 nitrogen and oxygen atoms in total. The Labute approximate surface area is 59.0 Å². The first-order chi connectivity index (χ1) is 4.76. The Morgan fingerprint density at radius 3 is 2.70 bits per heavy atom. The molecule has 0 aromatic heterocycles. The number of Topliss-reactive ketones (excluding diaryl/α,β-unsaturated/α-hetero) is 1. The van der Waals surface area contributed by atoms with Gasteiger partial charge < -0.3 is 4.79 Å². The van der Waals surface area contributed by atoms with Gasteiger partial charge in [-0.25, -0.2) is 0 Å². The predicted octanol–water partition coefficient (Wildman–Crippen LogP) is 0.470. The van der Waals surface area contributed by atoms with Gasteiger partial charge >= 0.3 is 0 Å². The largest absolute Gasteiger partial charge is 0.301 e. The van der Waals surface area contributed by atoms with Crippen LogP contribution in [-0.2, 0) is 9.59 Å². The quantitative estimate of drug-likeness (QED) is 0.321. The van der Waals surface area contributed by atoms with Gasteiger partial charge in [-0.3, -0.25) is 4.79 Å². The molecule has 0 aromatic rings. The van der Waals surface area contributed by atoms with Crippen molar-refractivity contribution in [2.45, 2.75) is 6.42 Å². The smallest absolute Gasteiger partial charge is 0.160 e. The van der Waals surface area contributed by atoms with Crippen molar-refractivity contribution < 1.29 is 9.59 Å². The van der Waals surface area contributed by atoms with Crippen LogP contribution in [0.1, 0.15) is 6.42 Å². The van der Waals surface area contributed by atoms with Crippen LogP contribution in [0.4, 0.5) is 0 Å². The summed E-state index contributed by atoms with van der Waals surface area (Å²) in [6.07, 6.45) is 1.79. The minimum Gasteiger partial charge on any atom is -0.301 e. The van der Waals surface area contributed by atoms with Crippen LogP contribution in [0.5, 0.6) is 0 Å². The molecule has 0 heterocycles. The summed E-state index contributed by atoms with van der Waals surface area (Å²) in [4.78, 5) is 20.7. The maximum Gasteiger partial charge on any atom is 0.160 e. The van der Waals surface area contributed by atoms with Crippen molar-refractivity contribution in [3.8, 4) is 6.07 Å². The third kappa shape index (κ3) is 2.23. The standard InChI is InChI=1S/C7H7NO2/c1-2-3-7(10)6(4-8)5-9/h2,5-6H,1,3H2. The number of nitrogens with zero attached hydrogens (tertiary/aromatic N) is 1. The molecule has 0 spiro atoms. The monoisotopic (exact) mass is 137 g/mol. The van der Waals surface area contributed by atoms with Crippen LogP contribution < -0.4 is 0 Å². The summed E-state index contributed by atoms with van der Waals surface area (Å²) in [5.74, 6) is -1.51. The molecule has 0 aromatic carbocycles. The summed E-state index contributed by atoms with van der Waals surface area (Å²) in [5, 5.41) is 8.19. The van der Waals surface area contributed by atoms with Gasteiger partial charge in [0.25, 0.3) is 0 Å². The van der Waals surface area contributed by atoms with Crippen molar-refractivity contribution in [1.82, 2.24) is 0 Å². The number of carbonyl (C=O) groups is 2. The summed E-state index contributed by atoms with van der Waals surface area (Å²) in [6.45, 7) is 3.31. The summed E-state index contributed by atoms with van der Waals surface area (Å²) in [6, 6.07) is 1.57. The maximum atomic E-state index is 10.7. The second kappa shape index (κ2) is 4.45. The van der Waals surface area contributed by atoms with Gasteiger partial charge in [-0.2, -0.15) is 5.26 Å². The molecular weight excluding hydrogens is 130 g/mol. The molecule has 0 fully saturated rings. The van der Waals surface area contributed by atoms with E-state index in [1.165, 1.54) is 6.08 Å². The zero-order valence-corrected chi connectivity index (χ0v) is 5.41. The minimum atomic E-state index is -1.11. The lowest BCUT2D eigenvalue weighted by Gasteiger charge is -1.93. The van der Waals surface area contributed by atoms with Crippen LogP contribution in [0.15, 0.2) is 12.7 Å². The molecule has 0 bridgehead atoms. The highest BCUT2D eigenvalue weighted by Gasteiger charge is 2.13. The van der Waals surface area contributed by atoms with Gasteiger partial charge in [-0.1, -0.05) is 6.08 Å². The highest BCUT2D eigenvalue weighted by Crippen LogP contribution is 1.96. The van der Waals surface area contributed by atoms with Gasteiger partial charge in [0, 0.05) is 6.42 Å². The van der Waals surface area contributed by atoms with Crippen molar-refractivity contribution in [2.24, 2.45) is 5.92 Å². The topological polar surface area (TPSA) is 57.9 Å².